The molecule has 3 aliphatic heterocycles. The molecule has 0 radical (unpaired) electrons. The molecule has 0 aromatic heterocycles. The number of hydrogen-bond acceptors (Lipinski definition) is 12. The number of carbonyl (C=O) groups excluding carboxylic acids is 4. The predicted octanol–water partition coefficient (Wildman–Crippen LogP) is 7.17. The van der Waals surface area contributed by atoms with Gasteiger partial charge in [0, 0.05) is 52.5 Å². The number of methoxy groups -OCH3 is 3. The van der Waals surface area contributed by atoms with E-state index in [9.17, 15) is 34.5 Å². The summed E-state index contributed by atoms with van der Waals surface area (Å²) in [5.41, 5.74) is 1.77. The van der Waals surface area contributed by atoms with Crippen molar-refractivity contribution < 1.29 is 62.3 Å². The van der Waals surface area contributed by atoms with Crippen LogP contribution in [0.3, 0.4) is 0 Å². The monoisotopic (exact) mass is 915 g/mol. The Labute approximate surface area is 392 Å². The number of amides is 1. The third kappa shape index (κ3) is 14.4. The van der Waals surface area contributed by atoms with Gasteiger partial charge in [-0.2, -0.15) is 0 Å². The average molecular weight is 915 g/mol. The zero-order chi connectivity index (χ0) is 50.7. The molecule has 1 aliphatic carbocycles. The van der Waals surface area contributed by atoms with Crippen molar-refractivity contribution in [3.63, 3.8) is 0 Å². The molecule has 13 nitrogen and oxygen atoms in total. The molecule has 4 rings (SSSR count). The fourth-order valence-corrected chi connectivity index (χ4v) is 10.1. The minimum Gasteiger partial charge on any atom is -0.460 e. The molecule has 0 aromatic rings. The molecule has 2 bridgehead atoms. The Bertz CT molecular complexity index is 1860. The summed E-state index contributed by atoms with van der Waals surface area (Å²) >= 11 is 0. The molecule has 4 aliphatic rings. The first-order valence-corrected chi connectivity index (χ1v) is 23.9. The number of cyclic esters (lactones) is 1. The number of carbonyl (C=O) groups is 4. The van der Waals surface area contributed by atoms with Crippen molar-refractivity contribution in [2.75, 3.05) is 27.8 Å². The standard InChI is InChI=1S/C52H81NO12/c1-31-17-13-12-14-18-32(2)44(61-9)29-40-22-20-37(7)52(60,65-40)49(57)50(58)53-24-16-15-19-41(53)51(59)64-45(35(5)27-39-21-23-42(54)46(28-39)62-10)30-43(55)34(4)26-36(6)47(56)48(63-11)38(8)33(3)25-31/h12-14,17-18,26,31,33-35,37,39-42,44-48,54,56,60H,8,15-16,19-25,27-30H2,1-7,9-11H3/b14-12+,17-13+,32-18+,36-26+/t31-,33-,34-,35-,37-,39+,40+,41+,42-,44+,45+,46-,47-,48+,52-/m1/s1/i9D3. The Balaban J connectivity index is 1.73. The van der Waals surface area contributed by atoms with E-state index in [-0.39, 0.29) is 67.8 Å². The Morgan fingerprint density at radius 1 is 0.923 bits per heavy atom. The van der Waals surface area contributed by atoms with Crippen molar-refractivity contribution in [3.8, 4) is 0 Å². The van der Waals surface area contributed by atoms with Gasteiger partial charge in [-0.3, -0.25) is 14.4 Å². The summed E-state index contributed by atoms with van der Waals surface area (Å²) in [5, 5.41) is 34.1. The van der Waals surface area contributed by atoms with Gasteiger partial charge in [-0.1, -0.05) is 77.7 Å². The van der Waals surface area contributed by atoms with Gasteiger partial charge in [-0.05, 0) is 118 Å². The molecule has 3 fully saturated rings. The van der Waals surface area contributed by atoms with E-state index in [4.69, 9.17) is 27.8 Å². The number of piperidine rings is 1. The van der Waals surface area contributed by atoms with E-state index >= 15 is 0 Å². The number of esters is 1. The summed E-state index contributed by atoms with van der Waals surface area (Å²) in [6, 6.07) is -1.19. The lowest BCUT2D eigenvalue weighted by molar-refractivity contribution is -0.265. The number of fused-ring (bicyclic) bond motifs is 3. The highest BCUT2D eigenvalue weighted by Crippen LogP contribution is 2.38. The first-order chi connectivity index (χ1) is 31.9. The number of aliphatic hydroxyl groups is 3. The van der Waals surface area contributed by atoms with Gasteiger partial charge in [0.2, 0.25) is 5.79 Å². The third-order valence-corrected chi connectivity index (χ3v) is 14.6. The lowest BCUT2D eigenvalue weighted by atomic mass is 9.78. The number of ketones is 2. The quantitative estimate of drug-likeness (QED) is 0.139. The van der Waals surface area contributed by atoms with Crippen LogP contribution in [0.5, 0.6) is 0 Å². The molecule has 0 unspecified atom stereocenters. The number of Topliss-reactive ketones (excluding diaryl/α,β-unsaturated/α-hetero) is 2. The summed E-state index contributed by atoms with van der Waals surface area (Å²) in [7, 11) is 0.296. The van der Waals surface area contributed by atoms with Crippen molar-refractivity contribution in [2.45, 2.75) is 180 Å². The lowest BCUT2D eigenvalue weighted by Crippen LogP contribution is -2.61. The SMILES string of the molecule is [2H]C([2H])([2H])O[C@H]1C[C@@H]2CC[C@@H](C)[C@@](O)(O2)C(=O)C(=O)N2CCCC[C@H]2C(=O)O[C@H]([C@H](C)C[C@@H]2CC[C@@H](O)[C@H](OC)C2)CC(=O)[C@H](C)/C=C(\C)[C@@H](O)[C@@H](OC)C(=C)[C@H](C)C[C@H](C)/C=C/C=C/C=C/1C. The molecule has 0 spiro atoms. The Morgan fingerprint density at radius 3 is 2.35 bits per heavy atom. The first kappa shape index (κ1) is 49.6. The summed E-state index contributed by atoms with van der Waals surface area (Å²) < 4.78 is 52.9. The lowest BCUT2D eigenvalue weighted by Gasteiger charge is -2.42. The van der Waals surface area contributed by atoms with Gasteiger partial charge in [-0.15, -0.1) is 0 Å². The van der Waals surface area contributed by atoms with Crippen LogP contribution in [0.15, 0.2) is 59.8 Å². The predicted molar refractivity (Wildman–Crippen MR) is 249 cm³/mol. The molecule has 3 N–H and O–H groups in total. The average Bonchev–Trinajstić information content (AvgIpc) is 3.28. The maximum absolute atomic E-state index is 14.4. The molecular formula is C52H81NO12. The van der Waals surface area contributed by atoms with E-state index < -0.39 is 85.0 Å². The van der Waals surface area contributed by atoms with E-state index in [1.54, 1.807) is 53.0 Å². The number of hydrogen-bond donors (Lipinski definition) is 3. The second-order valence-corrected chi connectivity index (χ2v) is 19.6. The van der Waals surface area contributed by atoms with Gasteiger partial charge >= 0.3 is 5.97 Å². The Kier molecular flexibility index (Phi) is 19.2. The molecule has 65 heavy (non-hydrogen) atoms. The molecule has 1 saturated carbocycles. The van der Waals surface area contributed by atoms with Crippen molar-refractivity contribution in [1.29, 1.82) is 0 Å². The maximum atomic E-state index is 14.4. The number of ether oxygens (including phenoxy) is 5. The van der Waals surface area contributed by atoms with Crippen molar-refractivity contribution in [3.05, 3.63) is 59.8 Å². The largest absolute Gasteiger partial charge is 0.460 e. The second kappa shape index (κ2) is 25.2. The van der Waals surface area contributed by atoms with Gasteiger partial charge in [-0.25, -0.2) is 4.79 Å². The number of aliphatic hydroxyl groups excluding tert-OH is 2. The molecule has 3 heterocycles. The highest BCUT2D eigenvalue weighted by Gasteiger charge is 2.53. The zero-order valence-corrected chi connectivity index (χ0v) is 40.4. The topological polar surface area (TPSA) is 178 Å². The molecule has 2 saturated heterocycles. The Hall–Kier alpha value is -3.30. The van der Waals surface area contributed by atoms with Gasteiger partial charge in [0.1, 0.15) is 30.1 Å². The van der Waals surface area contributed by atoms with E-state index in [2.05, 4.69) is 13.5 Å². The summed E-state index contributed by atoms with van der Waals surface area (Å²) in [6.07, 6.45) is 10.1. The van der Waals surface area contributed by atoms with Crippen molar-refractivity contribution in [2.24, 2.45) is 35.5 Å². The molecule has 13 heteroatoms. The smallest absolute Gasteiger partial charge is 0.329 e. The van der Waals surface area contributed by atoms with Crippen LogP contribution in [-0.2, 0) is 42.9 Å². The van der Waals surface area contributed by atoms with Gasteiger partial charge < -0.3 is 43.9 Å². The van der Waals surface area contributed by atoms with Crippen LogP contribution >= 0.6 is 0 Å². The fraction of sp³-hybridized carbons (Fsp3) is 0.731. The molecule has 15 atom stereocenters. The molecular weight excluding hydrogens is 831 g/mol. The van der Waals surface area contributed by atoms with Crippen LogP contribution in [0.25, 0.3) is 0 Å². The zero-order valence-electron chi connectivity index (χ0n) is 43.4. The molecule has 0 aromatic carbocycles. The van der Waals surface area contributed by atoms with Crippen molar-refractivity contribution >= 4 is 23.4 Å². The van der Waals surface area contributed by atoms with E-state index in [1.165, 1.54) is 7.11 Å². The van der Waals surface area contributed by atoms with Crippen LogP contribution < -0.4 is 0 Å². The molecule has 366 valence electrons. The number of nitrogens with zero attached hydrogens (tertiary/aromatic N) is 1. The van der Waals surface area contributed by atoms with Crippen LogP contribution in [0, 0.1) is 35.5 Å². The van der Waals surface area contributed by atoms with Crippen molar-refractivity contribution in [1.82, 2.24) is 4.90 Å². The minimum absolute atomic E-state index is 0.0327. The maximum Gasteiger partial charge on any atom is 0.329 e. The Morgan fingerprint density at radius 2 is 1.66 bits per heavy atom. The van der Waals surface area contributed by atoms with Crippen LogP contribution in [0.1, 0.15) is 130 Å². The van der Waals surface area contributed by atoms with E-state index in [1.807, 2.05) is 32.1 Å². The van der Waals surface area contributed by atoms with Crippen LogP contribution in [0.4, 0.5) is 0 Å². The summed E-state index contributed by atoms with van der Waals surface area (Å²) in [4.78, 5) is 58.3. The van der Waals surface area contributed by atoms with Crippen LogP contribution in [0.2, 0.25) is 0 Å². The fourth-order valence-electron chi connectivity index (χ4n) is 10.1. The number of allylic oxidation sites excluding steroid dienone is 6. The van der Waals surface area contributed by atoms with Gasteiger partial charge in [0.15, 0.2) is 0 Å². The first-order valence-electron chi connectivity index (χ1n) is 25.4. The summed E-state index contributed by atoms with van der Waals surface area (Å²) in [6.45, 7) is 17.1. The minimum atomic E-state index is -2.78. The highest BCUT2D eigenvalue weighted by molar-refractivity contribution is 6.39. The highest BCUT2D eigenvalue weighted by atomic mass is 16.6. The van der Waals surface area contributed by atoms with E-state index in [0.29, 0.717) is 68.1 Å². The summed E-state index contributed by atoms with van der Waals surface area (Å²) in [5.74, 6) is -7.63. The van der Waals surface area contributed by atoms with Gasteiger partial charge in [0.05, 0.1) is 28.5 Å². The molecule has 1 amide bonds. The second-order valence-electron chi connectivity index (χ2n) is 19.6. The van der Waals surface area contributed by atoms with Crippen LogP contribution in [-0.4, -0.2) is 126 Å². The van der Waals surface area contributed by atoms with Gasteiger partial charge in [0.25, 0.3) is 11.7 Å². The van der Waals surface area contributed by atoms with E-state index in [0.717, 1.165) is 4.90 Å². The normalized spacial score (nSPS) is 41.3. The number of rotatable bonds is 6. The third-order valence-electron chi connectivity index (χ3n) is 14.6.